The summed E-state index contributed by atoms with van der Waals surface area (Å²) in [5.41, 5.74) is 31.9. The molecule has 0 saturated heterocycles. The topological polar surface area (TPSA) is 66.6 Å². The van der Waals surface area contributed by atoms with Gasteiger partial charge in [0.25, 0.3) is 0 Å². The van der Waals surface area contributed by atoms with E-state index in [1.807, 2.05) is 57.5 Å². The van der Waals surface area contributed by atoms with Gasteiger partial charge in [-0.05, 0) is 236 Å². The first-order chi connectivity index (χ1) is 73.5. The molecule has 0 atom stereocenters. The molecule has 0 unspecified atom stereocenters. The number of nitrogens with zero attached hydrogens (tertiary/aromatic N) is 6. The lowest BCUT2D eigenvalue weighted by Gasteiger charge is -2.21. The minimum atomic E-state index is -0.0631. The first-order valence-corrected chi connectivity index (χ1v) is 53.9. The third-order valence-electron chi connectivity index (χ3n) is 30.6. The molecule has 0 N–H and O–H groups in total. The average Bonchev–Trinajstić information content (AvgIpc) is 1.54. The highest BCUT2D eigenvalue weighted by atomic mass is 32.1. The van der Waals surface area contributed by atoms with Gasteiger partial charge < -0.3 is 4.42 Å². The summed E-state index contributed by atoms with van der Waals surface area (Å²) in [7, 11) is 0. The lowest BCUT2D eigenvalue weighted by atomic mass is 9.82. The zero-order chi connectivity index (χ0) is 98.2. The van der Waals surface area contributed by atoms with Crippen LogP contribution in [0.25, 0.3) is 286 Å². The summed E-state index contributed by atoms with van der Waals surface area (Å²) in [4.78, 5) is 16.5. The molecule has 0 radical (unpaired) electrons. The molecule has 0 spiro atoms. The van der Waals surface area contributed by atoms with E-state index in [1.165, 1.54) is 174 Å². The van der Waals surface area contributed by atoms with Crippen LogP contribution in [-0.2, 0) is 5.41 Å². The van der Waals surface area contributed by atoms with E-state index in [0.29, 0.717) is 0 Å². The monoisotopic (exact) mass is 1970 g/mol. The van der Waals surface area contributed by atoms with Gasteiger partial charge in [0.2, 0.25) is 0 Å². The van der Waals surface area contributed by atoms with Crippen molar-refractivity contribution in [3.63, 3.8) is 0 Å². The first-order valence-electron chi connectivity index (χ1n) is 50.6. The maximum absolute atomic E-state index is 6.36. The molecule has 1 aliphatic carbocycles. The molecule has 11 heteroatoms. The van der Waals surface area contributed by atoms with Crippen molar-refractivity contribution < 1.29 is 4.42 Å². The number of hydrogen-bond donors (Lipinski definition) is 0. The number of hydrogen-bond acceptors (Lipinski definition) is 8. The van der Waals surface area contributed by atoms with E-state index < -0.39 is 0 Å². The SMILES string of the molecule is CC1(C)c2ccccc2-c2cc3c(cc21)c1ccccc1n3-c1cc(-c2ccccc2)cc(-c2ccc3sc4ccccc4c3c2)n1.c1ccc(-c2cccc(-c3cc(-c4ccc5c(c4)sc4ccccc45)nc(-n4c5ccccc5c5cc6oc7ccccc7c6cc54)c3)c2)cc1.c1ccc(-c2cccc(-c3cc(-c4ccc5c(c4)sc4ccccc45)nc(-n4c5ccccc5c5cc6sc7ccccc7c6cc54)c3)c2)cc1. The molecule has 11 heterocycles. The van der Waals surface area contributed by atoms with Gasteiger partial charge in [0.1, 0.15) is 28.6 Å². The number of para-hydroxylation sites is 4. The number of rotatable bonds is 11. The molecule has 0 fully saturated rings. The summed E-state index contributed by atoms with van der Waals surface area (Å²) in [5.74, 6) is 2.71. The van der Waals surface area contributed by atoms with Crippen molar-refractivity contribution in [1.29, 1.82) is 0 Å². The van der Waals surface area contributed by atoms with Gasteiger partial charge in [-0.15, -0.1) is 45.3 Å². The molecule has 149 heavy (non-hydrogen) atoms. The van der Waals surface area contributed by atoms with Crippen molar-refractivity contribution in [2.75, 3.05) is 0 Å². The lowest BCUT2D eigenvalue weighted by molar-refractivity contribution is 0.661. The number of fused-ring (bicyclic) bond motifs is 27. The second kappa shape index (κ2) is 34.6. The zero-order valence-corrected chi connectivity index (χ0v) is 84.2. The van der Waals surface area contributed by atoms with Gasteiger partial charge in [-0.3, -0.25) is 13.7 Å². The Balaban J connectivity index is 0.000000103. The summed E-state index contributed by atoms with van der Waals surface area (Å²) in [5, 5.41) is 19.9. The van der Waals surface area contributed by atoms with Crippen LogP contribution in [0.3, 0.4) is 0 Å². The van der Waals surface area contributed by atoms with Gasteiger partial charge >= 0.3 is 0 Å². The molecule has 0 aliphatic heterocycles. The highest BCUT2D eigenvalue weighted by Gasteiger charge is 2.37. The highest BCUT2D eigenvalue weighted by molar-refractivity contribution is 7.27. The van der Waals surface area contributed by atoms with Crippen LogP contribution in [0.5, 0.6) is 0 Å². The van der Waals surface area contributed by atoms with Crippen LogP contribution in [0.4, 0.5) is 0 Å². The second-order valence-electron chi connectivity index (χ2n) is 39.6. The van der Waals surface area contributed by atoms with E-state index in [1.54, 1.807) is 0 Å². The fraction of sp³-hybridized carbons (Fsp3) is 0.0217. The predicted molar refractivity (Wildman–Crippen MR) is 636 cm³/mol. The van der Waals surface area contributed by atoms with Crippen LogP contribution in [0, 0.1) is 0 Å². The quantitative estimate of drug-likeness (QED) is 0.129. The molecular formula is C138H86N6OS4. The second-order valence-corrected chi connectivity index (χ2v) is 43.9. The molecule has 20 aromatic carbocycles. The molecule has 698 valence electrons. The number of furan rings is 1. The molecule has 31 aromatic rings. The summed E-state index contributed by atoms with van der Waals surface area (Å²) in [6.45, 7) is 4.71. The molecular weight excluding hydrogens is 1890 g/mol. The van der Waals surface area contributed by atoms with Crippen molar-refractivity contribution in [3.05, 3.63) is 496 Å². The third kappa shape index (κ3) is 14.4. The molecule has 1 aliphatic rings. The van der Waals surface area contributed by atoms with Crippen LogP contribution in [0.1, 0.15) is 25.0 Å². The van der Waals surface area contributed by atoms with Gasteiger partial charge in [0.15, 0.2) is 0 Å². The third-order valence-corrected chi connectivity index (χ3v) is 35.1. The van der Waals surface area contributed by atoms with Crippen molar-refractivity contribution in [1.82, 2.24) is 28.7 Å². The predicted octanol–water partition coefficient (Wildman–Crippen LogP) is 39.5. The minimum absolute atomic E-state index is 0.0631. The Kier molecular flexibility index (Phi) is 20.1. The summed E-state index contributed by atoms with van der Waals surface area (Å²) < 4.78 is 23.8. The Morgan fingerprint density at radius 1 is 0.174 bits per heavy atom. The largest absolute Gasteiger partial charge is 0.456 e. The molecule has 11 aromatic heterocycles. The van der Waals surface area contributed by atoms with E-state index in [9.17, 15) is 0 Å². The maximum atomic E-state index is 6.36. The minimum Gasteiger partial charge on any atom is -0.456 e. The maximum Gasteiger partial charge on any atom is 0.138 e. The van der Waals surface area contributed by atoms with E-state index in [4.69, 9.17) is 19.4 Å². The summed E-state index contributed by atoms with van der Waals surface area (Å²) in [6.07, 6.45) is 0. The Bertz CT molecular complexity index is 10500. The fourth-order valence-electron chi connectivity index (χ4n) is 23.4. The van der Waals surface area contributed by atoms with E-state index >= 15 is 0 Å². The smallest absolute Gasteiger partial charge is 0.138 e. The fourth-order valence-corrected chi connectivity index (χ4v) is 27.9. The Morgan fingerprint density at radius 3 is 1.01 bits per heavy atom. The molecule has 0 saturated carbocycles. The summed E-state index contributed by atoms with van der Waals surface area (Å²) in [6, 6.07) is 176. The Labute approximate surface area is 873 Å². The van der Waals surface area contributed by atoms with Gasteiger partial charge in [-0.1, -0.05) is 341 Å². The highest BCUT2D eigenvalue weighted by Crippen LogP contribution is 2.53. The standard InChI is InChI=1S/C47H28N2OS.C47H28N2S2.C44H30N2S/c1-2-11-29(12-3-1)30-13-10-14-31(23-30)33-24-40(32-21-22-37-36-17-6-9-20-45(36)51-46(37)25-32)48-47(26-33)49-41-18-7-4-15-34(41)38-28-44-39(27-42(38)49)35-16-5-8-19-43(35)50-44;1-2-11-29(12-3-1)30-13-10-14-31(23-30)33-24-40(32-21-22-37-35-16-5-8-19-43(35)50-45(37)25-32)48-47(26-33)49-41-18-7-4-15-34(41)38-28-46-39(27-42(38)49)36-17-6-9-20-44(36)51-46;1-44(2)36-17-9-6-14-30(36)33-26-40-34(25-37(33)44)31-15-7-10-18-39(31)46(40)43-24-29(27-12-4-3-5-13-27)23-38(45-43)28-20-21-42-35(22-28)32-16-8-11-19-41(32)47-42/h2*1-28H;3-26H,1-2H3. The van der Waals surface area contributed by atoms with Crippen LogP contribution in [-0.4, -0.2) is 28.7 Å². The van der Waals surface area contributed by atoms with E-state index in [-0.39, 0.29) is 5.41 Å². The number of thiophene rings is 4. The van der Waals surface area contributed by atoms with Crippen LogP contribution in [0.2, 0.25) is 0 Å². The molecule has 32 rings (SSSR count). The first kappa shape index (κ1) is 86.4. The molecule has 0 bridgehead atoms. The van der Waals surface area contributed by atoms with E-state index in [0.717, 1.165) is 123 Å². The van der Waals surface area contributed by atoms with Crippen molar-refractivity contribution >= 4 is 213 Å². The lowest BCUT2D eigenvalue weighted by Crippen LogP contribution is -2.14. The average molecular weight is 1970 g/mol. The summed E-state index contributed by atoms with van der Waals surface area (Å²) >= 11 is 7.40. The molecule has 0 amide bonds. The van der Waals surface area contributed by atoms with Gasteiger partial charge in [-0.25, -0.2) is 15.0 Å². The van der Waals surface area contributed by atoms with Crippen LogP contribution >= 0.6 is 45.3 Å². The normalized spacial score (nSPS) is 12.4. The van der Waals surface area contributed by atoms with Crippen LogP contribution in [0.15, 0.2) is 490 Å². The molecule has 7 nitrogen and oxygen atoms in total. The van der Waals surface area contributed by atoms with Crippen molar-refractivity contribution in [2.24, 2.45) is 0 Å². The van der Waals surface area contributed by atoms with Gasteiger partial charge in [0.05, 0.1) is 50.2 Å². The number of benzene rings is 20. The van der Waals surface area contributed by atoms with Crippen LogP contribution < -0.4 is 0 Å². The Morgan fingerprint density at radius 2 is 0.510 bits per heavy atom. The number of pyridine rings is 3. The van der Waals surface area contributed by atoms with Crippen molar-refractivity contribution in [3.8, 4) is 118 Å². The Hall–Kier alpha value is -18.1. The zero-order valence-electron chi connectivity index (χ0n) is 80.9. The number of aromatic nitrogens is 6. The van der Waals surface area contributed by atoms with Crippen molar-refractivity contribution in [2.45, 2.75) is 19.3 Å². The van der Waals surface area contributed by atoms with Gasteiger partial charge in [-0.2, -0.15) is 0 Å². The van der Waals surface area contributed by atoms with Gasteiger partial charge in [0, 0.05) is 146 Å². The van der Waals surface area contributed by atoms with E-state index in [2.05, 4.69) is 501 Å².